The van der Waals surface area contributed by atoms with Gasteiger partial charge in [-0.15, -0.1) is 11.3 Å². The van der Waals surface area contributed by atoms with Gasteiger partial charge in [0, 0.05) is 21.0 Å². The molecular formula is C21H20FNOS. The van der Waals surface area contributed by atoms with Crippen molar-refractivity contribution in [1.82, 2.24) is 4.98 Å². The maximum Gasteiger partial charge on any atom is 0.0951 e. The van der Waals surface area contributed by atoms with Crippen LogP contribution < -0.4 is 0 Å². The molecule has 128 valence electrons. The van der Waals surface area contributed by atoms with Crippen LogP contribution in [0.25, 0.3) is 31.2 Å². The summed E-state index contributed by atoms with van der Waals surface area (Å²) in [4.78, 5) is 3.57. The molecule has 0 aliphatic carbocycles. The van der Waals surface area contributed by atoms with Gasteiger partial charge in [0.15, 0.2) is 0 Å². The minimum absolute atomic E-state index is 0.220. The SMILES string of the molecule is C/C(F)=C\COC(C)(C)c1ccc2c(c1)[nH]c1c3ccccc3sc21. The molecule has 0 aliphatic rings. The number of benzene rings is 2. The van der Waals surface area contributed by atoms with E-state index in [9.17, 15) is 4.39 Å². The van der Waals surface area contributed by atoms with E-state index in [1.807, 2.05) is 25.2 Å². The zero-order valence-electron chi connectivity index (χ0n) is 14.5. The van der Waals surface area contributed by atoms with Crippen molar-refractivity contribution in [3.8, 4) is 0 Å². The highest BCUT2D eigenvalue weighted by Gasteiger charge is 2.22. The molecule has 1 N–H and O–H groups in total. The predicted octanol–water partition coefficient (Wildman–Crippen LogP) is 6.66. The second kappa shape index (κ2) is 5.97. The van der Waals surface area contributed by atoms with E-state index in [1.54, 1.807) is 0 Å². The molecule has 0 aliphatic heterocycles. The number of rotatable bonds is 4. The Kier molecular flexibility index (Phi) is 3.89. The van der Waals surface area contributed by atoms with Crippen LogP contribution in [0.15, 0.2) is 54.4 Å². The van der Waals surface area contributed by atoms with Gasteiger partial charge in [0.1, 0.15) is 0 Å². The molecule has 0 fully saturated rings. The average Bonchev–Trinajstić information content (AvgIpc) is 3.09. The molecule has 2 aromatic heterocycles. The number of hydrogen-bond donors (Lipinski definition) is 1. The quantitative estimate of drug-likeness (QED) is 0.436. The number of hydrogen-bond acceptors (Lipinski definition) is 2. The van der Waals surface area contributed by atoms with E-state index < -0.39 is 5.60 Å². The molecule has 0 radical (unpaired) electrons. The highest BCUT2D eigenvalue weighted by molar-refractivity contribution is 7.26. The topological polar surface area (TPSA) is 25.0 Å². The van der Waals surface area contributed by atoms with Crippen LogP contribution in [0, 0.1) is 0 Å². The third-order valence-corrected chi connectivity index (χ3v) is 5.83. The van der Waals surface area contributed by atoms with E-state index in [2.05, 4.69) is 47.4 Å². The van der Waals surface area contributed by atoms with Gasteiger partial charge >= 0.3 is 0 Å². The number of ether oxygens (including phenoxy) is 1. The molecular weight excluding hydrogens is 333 g/mol. The van der Waals surface area contributed by atoms with E-state index in [1.165, 1.54) is 38.7 Å². The Balaban J connectivity index is 1.77. The fourth-order valence-electron chi connectivity index (χ4n) is 3.16. The first-order valence-corrected chi connectivity index (χ1v) is 9.17. The van der Waals surface area contributed by atoms with E-state index in [4.69, 9.17) is 4.74 Å². The molecule has 0 bridgehead atoms. The second-order valence-electron chi connectivity index (χ2n) is 6.80. The number of allylic oxidation sites excluding steroid dienone is 1. The number of nitrogens with one attached hydrogen (secondary N) is 1. The summed E-state index contributed by atoms with van der Waals surface area (Å²) in [5, 5.41) is 2.49. The van der Waals surface area contributed by atoms with Crippen LogP contribution >= 0.6 is 11.3 Å². The lowest BCUT2D eigenvalue weighted by Crippen LogP contribution is -2.21. The third kappa shape index (κ3) is 2.86. The fraction of sp³-hybridized carbons (Fsp3) is 0.238. The summed E-state index contributed by atoms with van der Waals surface area (Å²) in [6.07, 6.45) is 1.46. The molecule has 0 atom stereocenters. The zero-order chi connectivity index (χ0) is 17.6. The maximum absolute atomic E-state index is 12.9. The predicted molar refractivity (Wildman–Crippen MR) is 105 cm³/mol. The van der Waals surface area contributed by atoms with Crippen LogP contribution in [-0.2, 0) is 10.3 Å². The van der Waals surface area contributed by atoms with Crippen LogP contribution in [0.2, 0.25) is 0 Å². The molecule has 0 saturated heterocycles. The minimum atomic E-state index is -0.485. The molecule has 0 spiro atoms. The lowest BCUT2D eigenvalue weighted by molar-refractivity contribution is -0.00515. The number of fused-ring (bicyclic) bond motifs is 5. The lowest BCUT2D eigenvalue weighted by atomic mass is 9.97. The first-order valence-electron chi connectivity index (χ1n) is 8.35. The van der Waals surface area contributed by atoms with Gasteiger partial charge in [0.25, 0.3) is 0 Å². The van der Waals surface area contributed by atoms with Crippen LogP contribution in [0.3, 0.4) is 0 Å². The Bertz CT molecular complexity index is 1100. The molecule has 0 amide bonds. The smallest absolute Gasteiger partial charge is 0.0951 e. The number of thiophene rings is 1. The second-order valence-corrected chi connectivity index (χ2v) is 7.85. The number of H-pyrrole nitrogens is 1. The Labute approximate surface area is 149 Å². The van der Waals surface area contributed by atoms with E-state index in [0.29, 0.717) is 0 Å². The molecule has 0 unspecified atom stereocenters. The highest BCUT2D eigenvalue weighted by atomic mass is 32.1. The summed E-state index contributed by atoms with van der Waals surface area (Å²) < 4.78 is 21.3. The standard InChI is InChI=1S/C21H20FNOS/c1-13(22)10-11-24-21(2,3)14-8-9-15-17(12-14)23-19-16-6-4-5-7-18(16)25-20(15)19/h4-10,12,23H,11H2,1-3H3/b13-10+. The van der Waals surface area contributed by atoms with Crippen LogP contribution in [0.5, 0.6) is 0 Å². The number of aromatic nitrogens is 1. The summed E-state index contributed by atoms with van der Waals surface area (Å²) in [6, 6.07) is 14.9. The Morgan fingerprint density at radius 3 is 2.80 bits per heavy atom. The minimum Gasteiger partial charge on any atom is -0.367 e. The monoisotopic (exact) mass is 353 g/mol. The zero-order valence-corrected chi connectivity index (χ0v) is 15.3. The molecule has 2 heterocycles. The lowest BCUT2D eigenvalue weighted by Gasteiger charge is -2.25. The number of halogens is 1. The van der Waals surface area contributed by atoms with Gasteiger partial charge < -0.3 is 9.72 Å². The number of aromatic amines is 1. The van der Waals surface area contributed by atoms with E-state index in [0.717, 1.165) is 11.1 Å². The Morgan fingerprint density at radius 2 is 2.00 bits per heavy atom. The third-order valence-electron chi connectivity index (χ3n) is 4.62. The van der Waals surface area contributed by atoms with Gasteiger partial charge in [-0.05, 0) is 44.5 Å². The summed E-state index contributed by atoms with van der Waals surface area (Å²) in [6.45, 7) is 5.71. The van der Waals surface area contributed by atoms with Crippen LogP contribution in [-0.4, -0.2) is 11.6 Å². The van der Waals surface area contributed by atoms with Gasteiger partial charge in [0.05, 0.1) is 28.3 Å². The summed E-state index contributed by atoms with van der Waals surface area (Å²) in [5.41, 5.74) is 2.89. The van der Waals surface area contributed by atoms with E-state index in [-0.39, 0.29) is 12.4 Å². The first-order chi connectivity index (χ1) is 12.0. The van der Waals surface area contributed by atoms with Crippen molar-refractivity contribution in [2.24, 2.45) is 0 Å². The molecule has 4 aromatic rings. The average molecular weight is 353 g/mol. The molecule has 25 heavy (non-hydrogen) atoms. The van der Waals surface area contributed by atoms with Gasteiger partial charge in [-0.2, -0.15) is 0 Å². The normalized spacial score (nSPS) is 13.4. The Hall–Kier alpha value is -2.17. The van der Waals surface area contributed by atoms with Gasteiger partial charge in [-0.25, -0.2) is 4.39 Å². The molecule has 4 rings (SSSR count). The van der Waals surface area contributed by atoms with Crippen LogP contribution in [0.1, 0.15) is 26.3 Å². The summed E-state index contributed by atoms with van der Waals surface area (Å²) in [7, 11) is 0. The van der Waals surface area contributed by atoms with Gasteiger partial charge in [0.2, 0.25) is 0 Å². The molecule has 2 nitrogen and oxygen atoms in total. The molecule has 0 saturated carbocycles. The van der Waals surface area contributed by atoms with Crippen molar-refractivity contribution in [2.75, 3.05) is 6.61 Å². The van der Waals surface area contributed by atoms with Gasteiger partial charge in [-0.3, -0.25) is 0 Å². The van der Waals surface area contributed by atoms with Crippen molar-refractivity contribution < 1.29 is 9.13 Å². The van der Waals surface area contributed by atoms with Crippen molar-refractivity contribution in [1.29, 1.82) is 0 Å². The van der Waals surface area contributed by atoms with Crippen molar-refractivity contribution in [2.45, 2.75) is 26.4 Å². The molecule has 4 heteroatoms. The first kappa shape index (κ1) is 16.3. The van der Waals surface area contributed by atoms with Crippen LogP contribution in [0.4, 0.5) is 4.39 Å². The van der Waals surface area contributed by atoms with Crippen molar-refractivity contribution in [3.05, 3.63) is 59.9 Å². The van der Waals surface area contributed by atoms with Crippen molar-refractivity contribution in [3.63, 3.8) is 0 Å². The van der Waals surface area contributed by atoms with Gasteiger partial charge in [-0.1, -0.05) is 30.3 Å². The highest BCUT2D eigenvalue weighted by Crippen LogP contribution is 2.39. The molecule has 2 aromatic carbocycles. The maximum atomic E-state index is 12.9. The Morgan fingerprint density at radius 1 is 1.20 bits per heavy atom. The summed E-state index contributed by atoms with van der Waals surface area (Å²) >= 11 is 1.82. The van der Waals surface area contributed by atoms with Crippen molar-refractivity contribution >= 4 is 42.5 Å². The van der Waals surface area contributed by atoms with E-state index >= 15 is 0 Å². The fourth-order valence-corrected chi connectivity index (χ4v) is 4.36. The summed E-state index contributed by atoms with van der Waals surface area (Å²) in [5.74, 6) is -0.220. The largest absolute Gasteiger partial charge is 0.367 e.